The first kappa shape index (κ1) is 15.7. The van der Waals surface area contributed by atoms with Crippen molar-refractivity contribution < 1.29 is 4.92 Å². The molecule has 1 aromatic heterocycles. The van der Waals surface area contributed by atoms with Crippen molar-refractivity contribution >= 4 is 11.5 Å². The van der Waals surface area contributed by atoms with Gasteiger partial charge in [0, 0.05) is 37.7 Å². The molecule has 1 aliphatic heterocycles. The molecule has 1 aliphatic carbocycles. The van der Waals surface area contributed by atoms with Gasteiger partial charge in [-0.05, 0) is 18.8 Å². The molecule has 0 radical (unpaired) electrons. The third-order valence-electron chi connectivity index (χ3n) is 4.60. The molecule has 3 rings (SSSR count). The lowest BCUT2D eigenvalue weighted by molar-refractivity contribution is -0.385. The maximum atomic E-state index is 11.3. The second-order valence-corrected chi connectivity index (χ2v) is 6.66. The molecule has 0 spiro atoms. The van der Waals surface area contributed by atoms with E-state index in [9.17, 15) is 15.4 Å². The Balaban J connectivity index is 1.99. The summed E-state index contributed by atoms with van der Waals surface area (Å²) in [7, 11) is 0. The van der Waals surface area contributed by atoms with E-state index >= 15 is 0 Å². The fourth-order valence-corrected chi connectivity index (χ4v) is 3.05. The zero-order valence-electron chi connectivity index (χ0n) is 13.5. The van der Waals surface area contributed by atoms with Crippen LogP contribution in [0.1, 0.15) is 43.9 Å². The molecule has 0 unspecified atom stereocenters. The lowest BCUT2D eigenvalue weighted by Gasteiger charge is -2.36. The molecule has 2 heterocycles. The van der Waals surface area contributed by atoms with Crippen LogP contribution in [0.3, 0.4) is 0 Å². The van der Waals surface area contributed by atoms with Gasteiger partial charge in [0.25, 0.3) is 5.69 Å². The van der Waals surface area contributed by atoms with E-state index in [2.05, 4.69) is 35.1 Å². The topological polar surface area (TPSA) is 95.1 Å². The van der Waals surface area contributed by atoms with Gasteiger partial charge in [-0.15, -0.1) is 0 Å². The molecule has 1 saturated carbocycles. The van der Waals surface area contributed by atoms with Gasteiger partial charge in [-0.2, -0.15) is 5.26 Å². The molecule has 23 heavy (non-hydrogen) atoms. The maximum Gasteiger partial charge on any atom is 0.292 e. The average Bonchev–Trinajstić information content (AvgIpc) is 3.38. The fourth-order valence-electron chi connectivity index (χ4n) is 3.05. The Bertz CT molecular complexity index is 663. The number of nitriles is 1. The lowest BCUT2D eigenvalue weighted by Crippen LogP contribution is -2.53. The number of aromatic nitrogens is 1. The lowest BCUT2D eigenvalue weighted by atomic mass is 10.0. The summed E-state index contributed by atoms with van der Waals surface area (Å²) in [5, 5.41) is 24.2. The van der Waals surface area contributed by atoms with E-state index in [1.54, 1.807) is 0 Å². The normalized spacial score (nSPS) is 21.3. The van der Waals surface area contributed by atoms with Crippen LogP contribution in [-0.2, 0) is 0 Å². The molecule has 1 saturated heterocycles. The number of rotatable bonds is 4. The summed E-state index contributed by atoms with van der Waals surface area (Å²) >= 11 is 0. The highest BCUT2D eigenvalue weighted by atomic mass is 16.6. The molecular formula is C16H21N5O2. The van der Waals surface area contributed by atoms with Crippen molar-refractivity contribution in [1.82, 2.24) is 10.3 Å². The third kappa shape index (κ3) is 3.13. The van der Waals surface area contributed by atoms with E-state index in [0.717, 1.165) is 32.5 Å². The summed E-state index contributed by atoms with van der Waals surface area (Å²) in [6, 6.07) is 3.83. The highest BCUT2D eigenvalue weighted by Crippen LogP contribution is 2.44. The van der Waals surface area contributed by atoms with Crippen molar-refractivity contribution in [3.05, 3.63) is 27.4 Å². The van der Waals surface area contributed by atoms with Gasteiger partial charge in [0.05, 0.1) is 4.92 Å². The van der Waals surface area contributed by atoms with Crippen LogP contribution in [0.4, 0.5) is 11.5 Å². The largest absolute Gasteiger partial charge is 0.353 e. The zero-order valence-corrected chi connectivity index (χ0v) is 13.5. The molecule has 122 valence electrons. The van der Waals surface area contributed by atoms with Crippen molar-refractivity contribution in [2.45, 2.75) is 38.6 Å². The SMILES string of the molecule is CC(C)[C@@H]1CN(c2nc(C3CC3)c([N+](=O)[O-])cc2C#N)CCN1. The molecule has 2 fully saturated rings. The van der Waals surface area contributed by atoms with Gasteiger partial charge in [-0.1, -0.05) is 13.8 Å². The number of anilines is 1. The van der Waals surface area contributed by atoms with Gasteiger partial charge in [0.2, 0.25) is 0 Å². The third-order valence-corrected chi connectivity index (χ3v) is 4.60. The summed E-state index contributed by atoms with van der Waals surface area (Å²) in [6.07, 6.45) is 1.88. The zero-order chi connectivity index (χ0) is 16.6. The van der Waals surface area contributed by atoms with Crippen LogP contribution in [0.25, 0.3) is 0 Å². The van der Waals surface area contributed by atoms with Crippen molar-refractivity contribution in [2.24, 2.45) is 5.92 Å². The van der Waals surface area contributed by atoms with E-state index in [-0.39, 0.29) is 11.6 Å². The Kier molecular flexibility index (Phi) is 4.18. The first-order valence-corrected chi connectivity index (χ1v) is 8.09. The van der Waals surface area contributed by atoms with Gasteiger partial charge in [-0.25, -0.2) is 4.98 Å². The highest BCUT2D eigenvalue weighted by molar-refractivity contribution is 5.61. The van der Waals surface area contributed by atoms with E-state index < -0.39 is 4.92 Å². The van der Waals surface area contributed by atoms with Crippen LogP contribution in [-0.4, -0.2) is 35.6 Å². The fraction of sp³-hybridized carbons (Fsp3) is 0.625. The van der Waals surface area contributed by atoms with E-state index in [0.29, 0.717) is 29.0 Å². The van der Waals surface area contributed by atoms with Crippen molar-refractivity contribution in [1.29, 1.82) is 5.26 Å². The average molecular weight is 315 g/mol. The monoisotopic (exact) mass is 315 g/mol. The molecule has 7 nitrogen and oxygen atoms in total. The first-order chi connectivity index (χ1) is 11.0. The van der Waals surface area contributed by atoms with Crippen LogP contribution in [0, 0.1) is 27.4 Å². The summed E-state index contributed by atoms with van der Waals surface area (Å²) < 4.78 is 0. The number of hydrogen-bond donors (Lipinski definition) is 1. The van der Waals surface area contributed by atoms with Gasteiger partial charge >= 0.3 is 0 Å². The van der Waals surface area contributed by atoms with Gasteiger partial charge < -0.3 is 10.2 Å². The second-order valence-electron chi connectivity index (χ2n) is 6.66. The van der Waals surface area contributed by atoms with Gasteiger partial charge in [-0.3, -0.25) is 10.1 Å². The molecular weight excluding hydrogens is 294 g/mol. The molecule has 7 heteroatoms. The number of nitrogens with one attached hydrogen (secondary N) is 1. The Morgan fingerprint density at radius 2 is 2.26 bits per heavy atom. The first-order valence-electron chi connectivity index (χ1n) is 8.09. The molecule has 1 N–H and O–H groups in total. The summed E-state index contributed by atoms with van der Waals surface area (Å²) in [5.74, 6) is 1.25. The Hall–Kier alpha value is -2.20. The van der Waals surface area contributed by atoms with Crippen molar-refractivity contribution in [2.75, 3.05) is 24.5 Å². The van der Waals surface area contributed by atoms with Crippen LogP contribution < -0.4 is 10.2 Å². The van der Waals surface area contributed by atoms with Crippen LogP contribution in [0.5, 0.6) is 0 Å². The maximum absolute atomic E-state index is 11.3. The van der Waals surface area contributed by atoms with Crippen molar-refractivity contribution in [3.63, 3.8) is 0 Å². The minimum Gasteiger partial charge on any atom is -0.353 e. The van der Waals surface area contributed by atoms with Gasteiger partial charge in [0.15, 0.2) is 0 Å². The smallest absolute Gasteiger partial charge is 0.292 e. The number of hydrogen-bond acceptors (Lipinski definition) is 6. The van der Waals surface area contributed by atoms with E-state index in [4.69, 9.17) is 0 Å². The number of nitrogens with zero attached hydrogens (tertiary/aromatic N) is 4. The van der Waals surface area contributed by atoms with Crippen LogP contribution in [0.2, 0.25) is 0 Å². The molecule has 1 atom stereocenters. The summed E-state index contributed by atoms with van der Waals surface area (Å²) in [6.45, 7) is 6.66. The van der Waals surface area contributed by atoms with Crippen molar-refractivity contribution in [3.8, 4) is 6.07 Å². The second kappa shape index (κ2) is 6.13. The molecule has 0 bridgehead atoms. The Morgan fingerprint density at radius 3 is 2.83 bits per heavy atom. The Labute approximate surface area is 135 Å². The predicted octanol–water partition coefficient (Wildman–Crippen LogP) is 2.17. The summed E-state index contributed by atoms with van der Waals surface area (Å²) in [5.41, 5.74) is 0.831. The van der Waals surface area contributed by atoms with E-state index in [1.165, 1.54) is 6.07 Å². The van der Waals surface area contributed by atoms with Crippen LogP contribution >= 0.6 is 0 Å². The Morgan fingerprint density at radius 1 is 1.52 bits per heavy atom. The summed E-state index contributed by atoms with van der Waals surface area (Å²) in [4.78, 5) is 17.5. The standard InChI is InChI=1S/C16H21N5O2/c1-10(2)13-9-20(6-5-18-13)16-12(8-17)7-14(21(22)23)15(19-16)11-3-4-11/h7,10-11,13,18H,3-6,9H2,1-2H3/t13-/m0/s1. The molecule has 0 amide bonds. The molecule has 2 aliphatic rings. The molecule has 0 aromatic carbocycles. The molecule has 1 aromatic rings. The number of piperazine rings is 1. The minimum absolute atomic E-state index is 0.0108. The van der Waals surface area contributed by atoms with Crippen LogP contribution in [0.15, 0.2) is 6.07 Å². The highest BCUT2D eigenvalue weighted by Gasteiger charge is 2.35. The quantitative estimate of drug-likeness (QED) is 0.676. The minimum atomic E-state index is -0.417. The predicted molar refractivity (Wildman–Crippen MR) is 86.4 cm³/mol. The number of pyridine rings is 1. The number of nitro groups is 1. The van der Waals surface area contributed by atoms with E-state index in [1.807, 2.05) is 0 Å². The van der Waals surface area contributed by atoms with Gasteiger partial charge in [0.1, 0.15) is 23.1 Å².